The van der Waals surface area contributed by atoms with Gasteiger partial charge >= 0.3 is 0 Å². The molecule has 0 fully saturated rings. The van der Waals surface area contributed by atoms with E-state index < -0.39 is 6.04 Å². The molecule has 41 heavy (non-hydrogen) atoms. The Hall–Kier alpha value is -1.71. The first-order valence-electron chi connectivity index (χ1n) is 17.0. The SMILES string of the molecule is CCCCCCCCCCCC(=O)NCCCCCCNC(=O)C(CCCCN)NC(=O)C(CCCCN)NCC. The first-order chi connectivity index (χ1) is 20.0. The maximum Gasteiger partial charge on any atom is 0.242 e. The van der Waals surface area contributed by atoms with Crippen LogP contribution in [0.3, 0.4) is 0 Å². The Labute approximate surface area is 251 Å². The lowest BCUT2D eigenvalue weighted by Gasteiger charge is -2.23. The van der Waals surface area contributed by atoms with Crippen molar-refractivity contribution in [3.05, 3.63) is 0 Å². The minimum absolute atomic E-state index is 0.128. The van der Waals surface area contributed by atoms with Crippen LogP contribution in [0.1, 0.15) is 142 Å². The van der Waals surface area contributed by atoms with E-state index in [1.807, 2.05) is 6.92 Å². The maximum absolute atomic E-state index is 12.9. The quantitative estimate of drug-likeness (QED) is 0.0690. The van der Waals surface area contributed by atoms with Gasteiger partial charge < -0.3 is 32.7 Å². The first kappa shape index (κ1) is 39.3. The number of rotatable bonds is 30. The largest absolute Gasteiger partial charge is 0.356 e. The fourth-order valence-corrected chi connectivity index (χ4v) is 4.95. The second-order valence-electron chi connectivity index (χ2n) is 11.4. The third-order valence-corrected chi connectivity index (χ3v) is 7.53. The van der Waals surface area contributed by atoms with E-state index in [1.54, 1.807) is 0 Å². The van der Waals surface area contributed by atoms with Crippen LogP contribution in [0.15, 0.2) is 0 Å². The number of amides is 3. The Morgan fingerprint density at radius 3 is 1.63 bits per heavy atom. The van der Waals surface area contributed by atoms with Gasteiger partial charge in [-0.1, -0.05) is 84.5 Å². The first-order valence-corrected chi connectivity index (χ1v) is 17.0. The topological polar surface area (TPSA) is 151 Å². The van der Waals surface area contributed by atoms with Gasteiger partial charge in [0.1, 0.15) is 6.04 Å². The molecule has 0 aromatic carbocycles. The summed E-state index contributed by atoms with van der Waals surface area (Å²) in [5.74, 6) is -0.0911. The van der Waals surface area contributed by atoms with Crippen molar-refractivity contribution in [1.82, 2.24) is 21.3 Å². The molecular formula is C32H66N6O3. The Morgan fingerprint density at radius 1 is 0.561 bits per heavy atom. The van der Waals surface area contributed by atoms with Crippen LogP contribution in [0.5, 0.6) is 0 Å². The van der Waals surface area contributed by atoms with Crippen molar-refractivity contribution < 1.29 is 14.4 Å². The average Bonchev–Trinajstić information content (AvgIpc) is 2.96. The molecule has 0 radical (unpaired) electrons. The van der Waals surface area contributed by atoms with Gasteiger partial charge in [-0.05, 0) is 71.0 Å². The Kier molecular flexibility index (Phi) is 28.5. The molecule has 0 aliphatic heterocycles. The van der Waals surface area contributed by atoms with Gasteiger partial charge in [0.15, 0.2) is 0 Å². The molecule has 9 heteroatoms. The number of hydrogen-bond donors (Lipinski definition) is 6. The Morgan fingerprint density at radius 2 is 1.07 bits per heavy atom. The van der Waals surface area contributed by atoms with Crippen molar-refractivity contribution >= 4 is 17.7 Å². The van der Waals surface area contributed by atoms with Crippen molar-refractivity contribution in [3.63, 3.8) is 0 Å². The number of carbonyl (C=O) groups is 3. The standard InChI is InChI=1S/C32H66N6O3/c1-3-5-6-7-8-9-10-11-14-23-30(39)36-26-19-12-13-20-27-37-31(40)29(22-16-18-25-34)38-32(41)28(35-4-2)21-15-17-24-33/h28-29,35H,3-27,33-34H2,1-2H3,(H,36,39)(H,37,40)(H,38,41). The van der Waals surface area contributed by atoms with Crippen molar-refractivity contribution in [2.24, 2.45) is 11.5 Å². The van der Waals surface area contributed by atoms with Crippen molar-refractivity contribution in [1.29, 1.82) is 0 Å². The fraction of sp³-hybridized carbons (Fsp3) is 0.906. The van der Waals surface area contributed by atoms with E-state index in [0.29, 0.717) is 45.4 Å². The molecule has 3 amide bonds. The summed E-state index contributed by atoms with van der Waals surface area (Å²) >= 11 is 0. The number of nitrogens with two attached hydrogens (primary N) is 2. The summed E-state index contributed by atoms with van der Waals surface area (Å²) < 4.78 is 0. The van der Waals surface area contributed by atoms with Crippen LogP contribution in [0, 0.1) is 0 Å². The third-order valence-electron chi connectivity index (χ3n) is 7.53. The summed E-state index contributed by atoms with van der Waals surface area (Å²) in [6, 6.07) is -0.868. The predicted molar refractivity (Wildman–Crippen MR) is 172 cm³/mol. The molecular weight excluding hydrogens is 516 g/mol. The molecule has 2 atom stereocenters. The van der Waals surface area contributed by atoms with Gasteiger partial charge in [0, 0.05) is 19.5 Å². The van der Waals surface area contributed by atoms with Gasteiger partial charge in [-0.2, -0.15) is 0 Å². The zero-order valence-corrected chi connectivity index (χ0v) is 26.7. The lowest BCUT2D eigenvalue weighted by Crippen LogP contribution is -2.52. The van der Waals surface area contributed by atoms with Crippen molar-refractivity contribution in [2.75, 3.05) is 32.7 Å². The monoisotopic (exact) mass is 583 g/mol. The van der Waals surface area contributed by atoms with E-state index in [9.17, 15) is 14.4 Å². The number of carbonyl (C=O) groups excluding carboxylic acids is 3. The predicted octanol–water partition coefficient (Wildman–Crippen LogP) is 4.42. The lowest BCUT2D eigenvalue weighted by molar-refractivity contribution is -0.130. The minimum atomic E-state index is -0.550. The molecule has 0 saturated heterocycles. The molecule has 0 spiro atoms. The summed E-state index contributed by atoms with van der Waals surface area (Å²) in [5.41, 5.74) is 11.2. The molecule has 0 aromatic heterocycles. The summed E-state index contributed by atoms with van der Waals surface area (Å²) in [7, 11) is 0. The van der Waals surface area contributed by atoms with Crippen molar-refractivity contribution in [3.8, 4) is 0 Å². The summed E-state index contributed by atoms with van der Waals surface area (Å²) in [4.78, 5) is 37.8. The van der Waals surface area contributed by atoms with Crippen LogP contribution in [0.4, 0.5) is 0 Å². The van der Waals surface area contributed by atoms with E-state index in [0.717, 1.165) is 70.8 Å². The fourth-order valence-electron chi connectivity index (χ4n) is 4.95. The Balaban J connectivity index is 4.08. The molecule has 242 valence electrons. The average molecular weight is 583 g/mol. The number of likely N-dealkylation sites (N-methyl/N-ethyl adjacent to an activating group) is 1. The van der Waals surface area contributed by atoms with E-state index in [2.05, 4.69) is 28.2 Å². The van der Waals surface area contributed by atoms with Gasteiger partial charge in [-0.15, -0.1) is 0 Å². The molecule has 0 heterocycles. The highest BCUT2D eigenvalue weighted by molar-refractivity contribution is 5.89. The van der Waals surface area contributed by atoms with Gasteiger partial charge in [0.25, 0.3) is 0 Å². The zero-order chi connectivity index (χ0) is 30.4. The van der Waals surface area contributed by atoms with Gasteiger partial charge in [0.05, 0.1) is 6.04 Å². The molecule has 0 saturated carbocycles. The van der Waals surface area contributed by atoms with E-state index >= 15 is 0 Å². The van der Waals surface area contributed by atoms with E-state index in [1.165, 1.54) is 44.9 Å². The minimum Gasteiger partial charge on any atom is -0.356 e. The summed E-state index contributed by atoms with van der Waals surface area (Å²) in [5, 5.41) is 12.2. The number of unbranched alkanes of at least 4 members (excludes halogenated alkanes) is 13. The molecule has 0 aromatic rings. The second-order valence-corrected chi connectivity index (χ2v) is 11.4. The highest BCUT2D eigenvalue weighted by atomic mass is 16.2. The van der Waals surface area contributed by atoms with Crippen LogP contribution < -0.4 is 32.7 Å². The smallest absolute Gasteiger partial charge is 0.242 e. The second kappa shape index (κ2) is 29.8. The highest BCUT2D eigenvalue weighted by Gasteiger charge is 2.24. The normalized spacial score (nSPS) is 12.6. The highest BCUT2D eigenvalue weighted by Crippen LogP contribution is 2.10. The number of nitrogens with one attached hydrogen (secondary N) is 4. The lowest BCUT2D eigenvalue weighted by atomic mass is 10.1. The molecule has 2 unspecified atom stereocenters. The molecule has 0 aliphatic rings. The van der Waals surface area contributed by atoms with Gasteiger partial charge in [0.2, 0.25) is 17.7 Å². The van der Waals surface area contributed by atoms with E-state index in [-0.39, 0.29) is 23.8 Å². The number of hydrogen-bond acceptors (Lipinski definition) is 6. The maximum atomic E-state index is 12.9. The Bertz CT molecular complexity index is 635. The van der Waals surface area contributed by atoms with E-state index in [4.69, 9.17) is 11.5 Å². The molecule has 0 bridgehead atoms. The van der Waals surface area contributed by atoms with Crippen LogP contribution in [0.2, 0.25) is 0 Å². The van der Waals surface area contributed by atoms with Crippen LogP contribution in [0.25, 0.3) is 0 Å². The zero-order valence-electron chi connectivity index (χ0n) is 26.7. The third kappa shape index (κ3) is 24.6. The molecule has 8 N–H and O–H groups in total. The van der Waals surface area contributed by atoms with Crippen LogP contribution >= 0.6 is 0 Å². The van der Waals surface area contributed by atoms with Gasteiger partial charge in [-0.25, -0.2) is 0 Å². The molecule has 0 aliphatic carbocycles. The summed E-state index contributed by atoms with van der Waals surface area (Å²) in [6.07, 6.45) is 20.4. The van der Waals surface area contributed by atoms with Gasteiger partial charge in [-0.3, -0.25) is 14.4 Å². The molecule has 0 rings (SSSR count). The summed E-state index contributed by atoms with van der Waals surface area (Å²) in [6.45, 7) is 7.39. The molecule has 9 nitrogen and oxygen atoms in total. The van der Waals surface area contributed by atoms with Crippen molar-refractivity contribution in [2.45, 2.75) is 154 Å². The van der Waals surface area contributed by atoms with Crippen LogP contribution in [-0.4, -0.2) is 62.5 Å². The van der Waals surface area contributed by atoms with Crippen LogP contribution in [-0.2, 0) is 14.4 Å².